The first kappa shape index (κ1) is 21.4. The summed E-state index contributed by atoms with van der Waals surface area (Å²) in [4.78, 5) is 45.1. The van der Waals surface area contributed by atoms with E-state index in [1.54, 1.807) is 36.4 Å². The highest BCUT2D eigenvalue weighted by atomic mass is 35.5. The van der Waals surface area contributed by atoms with Crippen LogP contribution in [0.25, 0.3) is 0 Å². The molecule has 0 aliphatic carbocycles. The highest BCUT2D eigenvalue weighted by Gasteiger charge is 2.35. The Morgan fingerprint density at radius 2 is 2.03 bits per heavy atom. The second-order valence-electron chi connectivity index (χ2n) is 7.31. The third-order valence-corrected chi connectivity index (χ3v) is 5.20. The minimum Gasteiger partial charge on any atom is -0.495 e. The molecule has 2 heterocycles. The maximum Gasteiger partial charge on any atom is 0.258 e. The third kappa shape index (κ3) is 4.42. The number of hydrogen-bond donors (Lipinski definition) is 4. The van der Waals surface area contributed by atoms with Crippen LogP contribution in [0.15, 0.2) is 47.3 Å². The van der Waals surface area contributed by atoms with Crippen LogP contribution in [-0.4, -0.2) is 28.9 Å². The van der Waals surface area contributed by atoms with Gasteiger partial charge in [0.2, 0.25) is 17.8 Å². The fourth-order valence-electron chi connectivity index (χ4n) is 3.50. The molecule has 164 valence electrons. The second-order valence-corrected chi connectivity index (χ2v) is 7.75. The van der Waals surface area contributed by atoms with Crippen LogP contribution in [0.1, 0.15) is 23.5 Å². The fraction of sp³-hybridized carbons (Fsp3) is 0.182. The smallest absolute Gasteiger partial charge is 0.258 e. The van der Waals surface area contributed by atoms with Crippen molar-refractivity contribution in [3.8, 4) is 5.75 Å². The molecule has 0 bridgehead atoms. The van der Waals surface area contributed by atoms with Crippen LogP contribution in [0.4, 0.5) is 23.1 Å². The Labute approximate surface area is 188 Å². The Morgan fingerprint density at radius 3 is 2.78 bits per heavy atom. The van der Waals surface area contributed by atoms with E-state index in [4.69, 9.17) is 16.3 Å². The summed E-state index contributed by atoms with van der Waals surface area (Å²) in [6.07, 6.45) is -0.182. The molecule has 0 spiro atoms. The van der Waals surface area contributed by atoms with Crippen molar-refractivity contribution in [1.29, 1.82) is 0 Å². The number of aromatic nitrogens is 2. The number of aryl methyl sites for hydroxylation is 1. The van der Waals surface area contributed by atoms with Gasteiger partial charge < -0.3 is 20.7 Å². The molecule has 10 heteroatoms. The summed E-state index contributed by atoms with van der Waals surface area (Å²) in [7, 11) is 1.49. The number of halogens is 1. The van der Waals surface area contributed by atoms with E-state index >= 15 is 0 Å². The monoisotopic (exact) mass is 453 g/mol. The predicted octanol–water partition coefficient (Wildman–Crippen LogP) is 3.55. The highest BCUT2D eigenvalue weighted by molar-refractivity contribution is 6.30. The van der Waals surface area contributed by atoms with Gasteiger partial charge in [0.1, 0.15) is 11.6 Å². The fourth-order valence-corrected chi connectivity index (χ4v) is 3.69. The van der Waals surface area contributed by atoms with Gasteiger partial charge in [0, 0.05) is 17.1 Å². The number of anilines is 4. The van der Waals surface area contributed by atoms with Crippen molar-refractivity contribution in [2.45, 2.75) is 19.3 Å². The van der Waals surface area contributed by atoms with Crippen LogP contribution in [0, 0.1) is 6.92 Å². The molecule has 9 nitrogen and oxygen atoms in total. The quantitative estimate of drug-likeness (QED) is 0.468. The van der Waals surface area contributed by atoms with E-state index in [1.807, 2.05) is 13.0 Å². The molecular weight excluding hydrogens is 434 g/mol. The lowest BCUT2D eigenvalue weighted by molar-refractivity contribution is -0.123. The topological polar surface area (TPSA) is 125 Å². The number of nitrogens with zero attached hydrogens (tertiary/aromatic N) is 1. The number of carbonyl (C=O) groups is 2. The van der Waals surface area contributed by atoms with Gasteiger partial charge >= 0.3 is 0 Å². The van der Waals surface area contributed by atoms with Gasteiger partial charge in [-0.2, -0.15) is 4.98 Å². The SMILES string of the molecule is COc1ccc(C)cc1NC(=O)C1CC(=O)Nc2nc(Nc3cccc(Cl)c3)[nH]c(=O)c21. The first-order chi connectivity index (χ1) is 15.3. The average molecular weight is 454 g/mol. The number of carbonyl (C=O) groups excluding carboxylic acids is 2. The molecule has 4 rings (SSSR count). The zero-order valence-electron chi connectivity index (χ0n) is 17.3. The van der Waals surface area contributed by atoms with Crippen molar-refractivity contribution in [1.82, 2.24) is 9.97 Å². The molecule has 1 aromatic heterocycles. The van der Waals surface area contributed by atoms with Gasteiger partial charge in [-0.3, -0.25) is 19.4 Å². The largest absolute Gasteiger partial charge is 0.495 e. The molecule has 1 aliphatic rings. The van der Waals surface area contributed by atoms with Crippen molar-refractivity contribution >= 4 is 46.6 Å². The zero-order valence-corrected chi connectivity index (χ0v) is 18.0. The van der Waals surface area contributed by atoms with Gasteiger partial charge in [-0.25, -0.2) is 0 Å². The van der Waals surface area contributed by atoms with Crippen molar-refractivity contribution in [2.75, 3.05) is 23.1 Å². The molecular formula is C22H20ClN5O4. The number of benzene rings is 2. The summed E-state index contributed by atoms with van der Waals surface area (Å²) in [6, 6.07) is 12.2. The standard InChI is InChI=1S/C22H20ClN5O4/c1-11-6-7-16(32-2)15(8-11)25-20(30)14-10-17(29)26-19-18(14)21(31)28-22(27-19)24-13-5-3-4-12(23)9-13/h3-9,14H,10H2,1-2H3,(H,25,30)(H3,24,26,27,28,29,31). The van der Waals surface area contributed by atoms with Gasteiger partial charge in [-0.1, -0.05) is 23.7 Å². The molecule has 1 atom stereocenters. The minimum atomic E-state index is -1.01. The van der Waals surface area contributed by atoms with Gasteiger partial charge in [0.15, 0.2) is 0 Å². The minimum absolute atomic E-state index is 0.0332. The lowest BCUT2D eigenvalue weighted by Crippen LogP contribution is -2.36. The van der Waals surface area contributed by atoms with Crippen molar-refractivity contribution in [2.24, 2.45) is 0 Å². The number of methoxy groups -OCH3 is 1. The number of ether oxygens (including phenoxy) is 1. The summed E-state index contributed by atoms with van der Waals surface area (Å²) in [5.41, 5.74) is 1.53. The van der Waals surface area contributed by atoms with E-state index in [2.05, 4.69) is 25.9 Å². The number of hydrogen-bond acceptors (Lipinski definition) is 6. The van der Waals surface area contributed by atoms with Crippen molar-refractivity contribution in [3.63, 3.8) is 0 Å². The van der Waals surface area contributed by atoms with Crippen LogP contribution in [-0.2, 0) is 9.59 Å². The molecule has 0 saturated heterocycles. The van der Waals surface area contributed by atoms with Gasteiger partial charge in [0.25, 0.3) is 5.56 Å². The molecule has 0 fully saturated rings. The summed E-state index contributed by atoms with van der Waals surface area (Å²) in [6.45, 7) is 1.88. The molecule has 2 amide bonds. The van der Waals surface area contributed by atoms with Gasteiger partial charge in [-0.15, -0.1) is 0 Å². The van der Waals surface area contributed by atoms with Crippen molar-refractivity contribution < 1.29 is 14.3 Å². The second kappa shape index (κ2) is 8.72. The molecule has 0 radical (unpaired) electrons. The molecule has 32 heavy (non-hydrogen) atoms. The number of aromatic amines is 1. The number of fused-ring (bicyclic) bond motifs is 1. The van der Waals surface area contributed by atoms with E-state index < -0.39 is 23.3 Å². The Hall–Kier alpha value is -3.85. The van der Waals surface area contributed by atoms with Crippen LogP contribution in [0.2, 0.25) is 5.02 Å². The summed E-state index contributed by atoms with van der Waals surface area (Å²) in [5, 5.41) is 8.79. The normalized spacial score (nSPS) is 14.8. The average Bonchev–Trinajstić information content (AvgIpc) is 2.73. The zero-order chi connectivity index (χ0) is 22.8. The highest BCUT2D eigenvalue weighted by Crippen LogP contribution is 2.32. The number of H-pyrrole nitrogens is 1. The first-order valence-corrected chi connectivity index (χ1v) is 10.1. The molecule has 1 unspecified atom stereocenters. The van der Waals surface area contributed by atoms with E-state index in [-0.39, 0.29) is 23.8 Å². The lowest BCUT2D eigenvalue weighted by Gasteiger charge is -2.24. The number of nitrogens with one attached hydrogen (secondary N) is 4. The van der Waals surface area contributed by atoms with E-state index in [1.165, 1.54) is 7.11 Å². The Morgan fingerprint density at radius 1 is 1.22 bits per heavy atom. The van der Waals surface area contributed by atoms with Gasteiger partial charge in [-0.05, 0) is 42.8 Å². The van der Waals surface area contributed by atoms with Crippen LogP contribution in [0.5, 0.6) is 5.75 Å². The van der Waals surface area contributed by atoms with E-state index in [0.29, 0.717) is 22.1 Å². The van der Waals surface area contributed by atoms with Gasteiger partial charge in [0.05, 0.1) is 24.3 Å². The number of amides is 2. The molecule has 3 aromatic rings. The summed E-state index contributed by atoms with van der Waals surface area (Å²) < 4.78 is 5.29. The molecule has 4 N–H and O–H groups in total. The van der Waals surface area contributed by atoms with Crippen LogP contribution >= 0.6 is 11.6 Å². The summed E-state index contributed by atoms with van der Waals surface area (Å²) in [5.74, 6) is -1.32. The van der Waals surface area contributed by atoms with Crippen LogP contribution in [0.3, 0.4) is 0 Å². The Balaban J connectivity index is 1.65. The maximum absolute atomic E-state index is 13.1. The third-order valence-electron chi connectivity index (χ3n) is 4.97. The van der Waals surface area contributed by atoms with Crippen molar-refractivity contribution in [3.05, 3.63) is 69.0 Å². The van der Waals surface area contributed by atoms with Crippen LogP contribution < -0.4 is 26.2 Å². The Kier molecular flexibility index (Phi) is 5.83. The molecule has 1 aliphatic heterocycles. The predicted molar refractivity (Wildman–Crippen MR) is 122 cm³/mol. The molecule has 0 saturated carbocycles. The van der Waals surface area contributed by atoms with E-state index in [0.717, 1.165) is 5.56 Å². The Bertz CT molecular complexity index is 1270. The summed E-state index contributed by atoms with van der Waals surface area (Å²) >= 11 is 5.99. The molecule has 2 aromatic carbocycles. The first-order valence-electron chi connectivity index (χ1n) is 9.76. The van der Waals surface area contributed by atoms with E-state index in [9.17, 15) is 14.4 Å². The maximum atomic E-state index is 13.1. The number of rotatable bonds is 5. The lowest BCUT2D eigenvalue weighted by atomic mass is 9.92.